The lowest BCUT2D eigenvalue weighted by Crippen LogP contribution is -2.14. The van der Waals surface area contributed by atoms with Gasteiger partial charge in [0.05, 0.1) is 5.56 Å². The molecule has 0 aliphatic rings. The first kappa shape index (κ1) is 11.0. The smallest absolute Gasteiger partial charge is 0.341 e. The van der Waals surface area contributed by atoms with Crippen molar-refractivity contribution >= 4 is 17.6 Å². The molecule has 0 aromatic heterocycles. The van der Waals surface area contributed by atoms with E-state index in [4.69, 9.17) is 10.8 Å². The minimum Gasteiger partial charge on any atom is -0.479 e. The van der Waals surface area contributed by atoms with Gasteiger partial charge in [-0.05, 0) is 30.7 Å². The number of rotatable bonds is 3. The van der Waals surface area contributed by atoms with E-state index in [1.54, 1.807) is 19.1 Å². The van der Waals surface area contributed by atoms with Crippen molar-refractivity contribution < 1.29 is 19.4 Å². The summed E-state index contributed by atoms with van der Waals surface area (Å²) in [5.41, 5.74) is 7.03. The van der Waals surface area contributed by atoms with E-state index in [1.807, 2.05) is 0 Å². The average molecular weight is 209 g/mol. The summed E-state index contributed by atoms with van der Waals surface area (Å²) in [6.07, 6.45) is 0. The molecule has 3 N–H and O–H groups in total. The number of nitrogens with two attached hydrogens (primary N) is 1. The fourth-order valence-electron chi connectivity index (χ4n) is 1.12. The largest absolute Gasteiger partial charge is 0.479 e. The molecule has 15 heavy (non-hydrogen) atoms. The van der Waals surface area contributed by atoms with Gasteiger partial charge in [0.25, 0.3) is 0 Å². The number of carbonyl (C=O) groups is 2. The van der Waals surface area contributed by atoms with Gasteiger partial charge < -0.3 is 15.6 Å². The van der Waals surface area contributed by atoms with Crippen LogP contribution < -0.4 is 5.73 Å². The van der Waals surface area contributed by atoms with Gasteiger partial charge in [-0.25, -0.2) is 9.59 Å². The van der Waals surface area contributed by atoms with Crippen LogP contribution in [-0.4, -0.2) is 23.7 Å². The second-order valence-electron chi connectivity index (χ2n) is 3.04. The Morgan fingerprint density at radius 2 is 2.13 bits per heavy atom. The third kappa shape index (κ3) is 2.98. The molecule has 5 heteroatoms. The Bertz CT molecular complexity index is 400. The van der Waals surface area contributed by atoms with Gasteiger partial charge in [-0.2, -0.15) is 0 Å². The Hall–Kier alpha value is -2.04. The van der Waals surface area contributed by atoms with Crippen LogP contribution in [0, 0.1) is 6.92 Å². The highest BCUT2D eigenvalue weighted by atomic mass is 16.5. The number of nitrogen functional groups attached to an aromatic ring is 1. The maximum Gasteiger partial charge on any atom is 0.341 e. The van der Waals surface area contributed by atoms with E-state index in [1.165, 1.54) is 6.07 Å². The molecule has 0 amide bonds. The topological polar surface area (TPSA) is 89.6 Å². The van der Waals surface area contributed by atoms with E-state index in [9.17, 15) is 9.59 Å². The molecule has 1 aromatic carbocycles. The summed E-state index contributed by atoms with van der Waals surface area (Å²) in [6.45, 7) is 1.07. The van der Waals surface area contributed by atoms with E-state index in [0.717, 1.165) is 0 Å². The molecule has 0 saturated carbocycles. The number of anilines is 1. The number of carbonyl (C=O) groups excluding carboxylic acids is 1. The Morgan fingerprint density at radius 1 is 1.47 bits per heavy atom. The number of aliphatic carboxylic acids is 1. The molecule has 80 valence electrons. The van der Waals surface area contributed by atoms with Crippen LogP contribution in [0.5, 0.6) is 0 Å². The summed E-state index contributed by atoms with van der Waals surface area (Å²) in [5.74, 6) is -1.84. The van der Waals surface area contributed by atoms with E-state index in [2.05, 4.69) is 4.74 Å². The molecule has 5 nitrogen and oxygen atoms in total. The van der Waals surface area contributed by atoms with E-state index < -0.39 is 18.5 Å². The molecule has 0 spiro atoms. The number of esters is 1. The lowest BCUT2D eigenvalue weighted by atomic mass is 10.1. The van der Waals surface area contributed by atoms with Crippen LogP contribution in [0.1, 0.15) is 15.9 Å². The quantitative estimate of drug-likeness (QED) is 0.568. The Kier molecular flexibility index (Phi) is 3.28. The van der Waals surface area contributed by atoms with Gasteiger partial charge in [-0.15, -0.1) is 0 Å². The number of benzene rings is 1. The van der Waals surface area contributed by atoms with Crippen molar-refractivity contribution in [1.29, 1.82) is 0 Å². The van der Waals surface area contributed by atoms with Crippen molar-refractivity contribution in [2.45, 2.75) is 6.92 Å². The number of ether oxygens (including phenoxy) is 1. The van der Waals surface area contributed by atoms with E-state index >= 15 is 0 Å². The molecule has 0 saturated heterocycles. The van der Waals surface area contributed by atoms with Crippen molar-refractivity contribution in [3.63, 3.8) is 0 Å². The molecule has 0 heterocycles. The zero-order valence-corrected chi connectivity index (χ0v) is 8.19. The fraction of sp³-hybridized carbons (Fsp3) is 0.200. The van der Waals surface area contributed by atoms with Crippen molar-refractivity contribution in [1.82, 2.24) is 0 Å². The average Bonchev–Trinajstić information content (AvgIpc) is 2.14. The minimum atomic E-state index is -1.18. The zero-order chi connectivity index (χ0) is 11.4. The summed E-state index contributed by atoms with van der Waals surface area (Å²) in [7, 11) is 0. The van der Waals surface area contributed by atoms with Crippen LogP contribution in [0.3, 0.4) is 0 Å². The first-order valence-corrected chi connectivity index (χ1v) is 4.25. The summed E-state index contributed by atoms with van der Waals surface area (Å²) in [4.78, 5) is 21.5. The van der Waals surface area contributed by atoms with Crippen molar-refractivity contribution in [2.24, 2.45) is 0 Å². The Morgan fingerprint density at radius 3 is 2.67 bits per heavy atom. The molecule has 1 aromatic rings. The summed E-state index contributed by atoms with van der Waals surface area (Å²) < 4.78 is 4.53. The predicted molar refractivity (Wildman–Crippen MR) is 53.5 cm³/mol. The second-order valence-corrected chi connectivity index (χ2v) is 3.04. The number of aryl methyl sites for hydroxylation is 1. The highest BCUT2D eigenvalue weighted by Gasteiger charge is 2.11. The van der Waals surface area contributed by atoms with E-state index in [-0.39, 0.29) is 0 Å². The molecule has 0 atom stereocenters. The van der Waals surface area contributed by atoms with Crippen molar-refractivity contribution in [3.05, 3.63) is 29.3 Å². The van der Waals surface area contributed by atoms with Crippen molar-refractivity contribution in [3.8, 4) is 0 Å². The highest BCUT2D eigenvalue weighted by Crippen LogP contribution is 2.13. The molecule has 0 aliphatic carbocycles. The lowest BCUT2D eigenvalue weighted by molar-refractivity contribution is -0.140. The van der Waals surface area contributed by atoms with Crippen LogP contribution in [0.2, 0.25) is 0 Å². The number of carboxylic acids is 1. The minimum absolute atomic E-state index is 0.324. The summed E-state index contributed by atoms with van der Waals surface area (Å²) in [6, 6.07) is 4.69. The molecular weight excluding hydrogens is 198 g/mol. The number of carboxylic acid groups (broad SMARTS) is 1. The van der Waals surface area contributed by atoms with E-state index in [0.29, 0.717) is 16.8 Å². The van der Waals surface area contributed by atoms with Gasteiger partial charge >= 0.3 is 11.9 Å². The Labute approximate surface area is 86.5 Å². The monoisotopic (exact) mass is 209 g/mol. The summed E-state index contributed by atoms with van der Waals surface area (Å²) >= 11 is 0. The molecule has 0 fully saturated rings. The normalized spacial score (nSPS) is 9.67. The molecule has 0 aliphatic heterocycles. The zero-order valence-electron chi connectivity index (χ0n) is 8.19. The van der Waals surface area contributed by atoms with Gasteiger partial charge in [0, 0.05) is 5.69 Å². The maximum atomic E-state index is 11.4. The molecular formula is C10H11NO4. The maximum absolute atomic E-state index is 11.4. The van der Waals surface area contributed by atoms with Gasteiger partial charge in [-0.3, -0.25) is 0 Å². The molecule has 0 bridgehead atoms. The van der Waals surface area contributed by atoms with Crippen LogP contribution in [0.25, 0.3) is 0 Å². The second kappa shape index (κ2) is 4.45. The third-order valence-corrected chi connectivity index (χ3v) is 1.80. The molecule has 0 unspecified atom stereocenters. The predicted octanol–water partition coefficient (Wildman–Crippen LogP) is 0.819. The van der Waals surface area contributed by atoms with Crippen LogP contribution in [0.4, 0.5) is 5.69 Å². The van der Waals surface area contributed by atoms with Gasteiger partial charge in [0.15, 0.2) is 6.61 Å². The van der Waals surface area contributed by atoms with Crippen molar-refractivity contribution in [2.75, 3.05) is 12.3 Å². The molecule has 1 rings (SSSR count). The van der Waals surface area contributed by atoms with Gasteiger partial charge in [0.2, 0.25) is 0 Å². The standard InChI is InChI=1S/C10H11NO4/c1-6-4-7(11)2-3-8(6)10(14)15-5-9(12)13/h2-4H,5,11H2,1H3,(H,12,13). The Balaban J connectivity index is 2.78. The van der Waals surface area contributed by atoms with Crippen LogP contribution in [-0.2, 0) is 9.53 Å². The number of hydrogen-bond donors (Lipinski definition) is 2. The fourth-order valence-corrected chi connectivity index (χ4v) is 1.12. The third-order valence-electron chi connectivity index (χ3n) is 1.80. The first-order chi connectivity index (χ1) is 7.00. The first-order valence-electron chi connectivity index (χ1n) is 4.25. The highest BCUT2D eigenvalue weighted by molar-refractivity contribution is 5.92. The van der Waals surface area contributed by atoms with Crippen LogP contribution >= 0.6 is 0 Å². The SMILES string of the molecule is Cc1cc(N)ccc1C(=O)OCC(=O)O. The number of hydrogen-bond acceptors (Lipinski definition) is 4. The lowest BCUT2D eigenvalue weighted by Gasteiger charge is -2.05. The van der Waals surface area contributed by atoms with Crippen LogP contribution in [0.15, 0.2) is 18.2 Å². The van der Waals surface area contributed by atoms with Gasteiger partial charge in [0.1, 0.15) is 0 Å². The van der Waals surface area contributed by atoms with Gasteiger partial charge in [-0.1, -0.05) is 0 Å². The molecule has 0 radical (unpaired) electrons. The summed E-state index contributed by atoms with van der Waals surface area (Å²) in [5, 5.41) is 8.33.